The first-order chi connectivity index (χ1) is 13.2. The first-order valence-electron chi connectivity index (χ1n) is 9.37. The zero-order valence-electron chi connectivity index (χ0n) is 15.0. The Morgan fingerprint density at radius 3 is 2.67 bits per heavy atom. The second-order valence-corrected chi connectivity index (χ2v) is 7.16. The summed E-state index contributed by atoms with van der Waals surface area (Å²) in [5.41, 5.74) is 1.88. The van der Waals surface area contributed by atoms with Crippen LogP contribution in [-0.4, -0.2) is 27.4 Å². The zero-order chi connectivity index (χ0) is 18.6. The van der Waals surface area contributed by atoms with E-state index in [1.54, 1.807) is 0 Å². The quantitative estimate of drug-likeness (QED) is 0.747. The SMILES string of the molecule is O=C(NCC1CCC(c2ccccc2)CC1)c1cc2c(=O)[nH]cnc2cn1. The van der Waals surface area contributed by atoms with Gasteiger partial charge in [0.25, 0.3) is 11.5 Å². The average Bonchev–Trinajstić information content (AvgIpc) is 2.73. The molecule has 0 atom stereocenters. The third-order valence-corrected chi connectivity index (χ3v) is 5.43. The summed E-state index contributed by atoms with van der Waals surface area (Å²) in [6, 6.07) is 12.2. The van der Waals surface area contributed by atoms with Gasteiger partial charge in [0.15, 0.2) is 0 Å². The molecule has 1 fully saturated rings. The van der Waals surface area contributed by atoms with Gasteiger partial charge in [-0.05, 0) is 49.1 Å². The van der Waals surface area contributed by atoms with Crippen LogP contribution < -0.4 is 10.9 Å². The van der Waals surface area contributed by atoms with Gasteiger partial charge in [0.1, 0.15) is 5.69 Å². The Kier molecular flexibility index (Phi) is 4.96. The molecule has 138 valence electrons. The van der Waals surface area contributed by atoms with Crippen molar-refractivity contribution in [1.82, 2.24) is 20.3 Å². The van der Waals surface area contributed by atoms with Crippen LogP contribution >= 0.6 is 0 Å². The summed E-state index contributed by atoms with van der Waals surface area (Å²) in [5.74, 6) is 0.865. The number of amides is 1. The maximum atomic E-state index is 12.4. The van der Waals surface area contributed by atoms with E-state index in [-0.39, 0.29) is 17.2 Å². The normalized spacial score (nSPS) is 19.7. The molecule has 0 spiro atoms. The molecule has 1 amide bonds. The topological polar surface area (TPSA) is 87.7 Å². The van der Waals surface area contributed by atoms with Crippen molar-refractivity contribution in [2.24, 2.45) is 5.92 Å². The summed E-state index contributed by atoms with van der Waals surface area (Å²) >= 11 is 0. The lowest BCUT2D eigenvalue weighted by atomic mass is 9.79. The molecule has 6 heteroatoms. The van der Waals surface area contributed by atoms with Crippen LogP contribution in [0.3, 0.4) is 0 Å². The Balaban J connectivity index is 1.34. The number of fused-ring (bicyclic) bond motifs is 1. The lowest BCUT2D eigenvalue weighted by molar-refractivity contribution is 0.0938. The fourth-order valence-corrected chi connectivity index (χ4v) is 3.85. The molecule has 0 unspecified atom stereocenters. The van der Waals surface area contributed by atoms with E-state index >= 15 is 0 Å². The maximum Gasteiger partial charge on any atom is 0.269 e. The molecule has 1 saturated carbocycles. The van der Waals surface area contributed by atoms with E-state index < -0.39 is 0 Å². The van der Waals surface area contributed by atoms with Crippen molar-refractivity contribution in [3.63, 3.8) is 0 Å². The Morgan fingerprint density at radius 2 is 1.89 bits per heavy atom. The Morgan fingerprint density at radius 1 is 1.11 bits per heavy atom. The van der Waals surface area contributed by atoms with Crippen molar-refractivity contribution in [3.8, 4) is 0 Å². The van der Waals surface area contributed by atoms with Gasteiger partial charge in [0.2, 0.25) is 0 Å². The van der Waals surface area contributed by atoms with Crippen LogP contribution in [0.5, 0.6) is 0 Å². The molecule has 0 saturated heterocycles. The van der Waals surface area contributed by atoms with Crippen molar-refractivity contribution in [2.75, 3.05) is 6.54 Å². The number of hydrogen-bond donors (Lipinski definition) is 2. The number of nitrogens with zero attached hydrogens (tertiary/aromatic N) is 2. The molecule has 1 aliphatic rings. The molecule has 1 aliphatic carbocycles. The summed E-state index contributed by atoms with van der Waals surface area (Å²) in [5, 5.41) is 3.35. The number of nitrogens with one attached hydrogen (secondary N) is 2. The molecule has 27 heavy (non-hydrogen) atoms. The number of aromatic amines is 1. The van der Waals surface area contributed by atoms with Gasteiger partial charge in [0, 0.05) is 6.54 Å². The Hall–Kier alpha value is -3.02. The molecular weight excluding hydrogens is 340 g/mol. The molecule has 6 nitrogen and oxygen atoms in total. The third-order valence-electron chi connectivity index (χ3n) is 5.43. The molecule has 0 aliphatic heterocycles. The summed E-state index contributed by atoms with van der Waals surface area (Å²) in [4.78, 5) is 35.0. The highest BCUT2D eigenvalue weighted by Gasteiger charge is 2.23. The molecule has 1 aromatic carbocycles. The molecule has 0 radical (unpaired) electrons. The lowest BCUT2D eigenvalue weighted by Gasteiger charge is -2.28. The van der Waals surface area contributed by atoms with Crippen molar-refractivity contribution < 1.29 is 4.79 Å². The van der Waals surface area contributed by atoms with Gasteiger partial charge in [-0.3, -0.25) is 9.59 Å². The number of rotatable bonds is 4. The molecule has 3 aromatic rings. The molecular formula is C21H22N4O2. The van der Waals surface area contributed by atoms with E-state index in [0.29, 0.717) is 29.3 Å². The van der Waals surface area contributed by atoms with Crippen LogP contribution in [0.15, 0.2) is 53.7 Å². The third kappa shape index (κ3) is 3.89. The van der Waals surface area contributed by atoms with E-state index in [0.717, 1.165) is 25.7 Å². The molecule has 2 N–H and O–H groups in total. The van der Waals surface area contributed by atoms with Crippen LogP contribution in [0, 0.1) is 5.92 Å². The maximum absolute atomic E-state index is 12.4. The lowest BCUT2D eigenvalue weighted by Crippen LogP contribution is -2.31. The second-order valence-electron chi connectivity index (χ2n) is 7.16. The van der Waals surface area contributed by atoms with E-state index in [2.05, 4.69) is 50.6 Å². The van der Waals surface area contributed by atoms with Crippen molar-refractivity contribution in [2.45, 2.75) is 31.6 Å². The largest absolute Gasteiger partial charge is 0.350 e. The van der Waals surface area contributed by atoms with Crippen LogP contribution in [0.25, 0.3) is 10.9 Å². The van der Waals surface area contributed by atoms with Crippen molar-refractivity contribution in [3.05, 3.63) is 70.5 Å². The highest BCUT2D eigenvalue weighted by Crippen LogP contribution is 2.35. The van der Waals surface area contributed by atoms with Gasteiger partial charge in [-0.25, -0.2) is 9.97 Å². The molecule has 2 heterocycles. The predicted molar refractivity (Wildman–Crippen MR) is 104 cm³/mol. The highest BCUT2D eigenvalue weighted by molar-refractivity contribution is 5.95. The van der Waals surface area contributed by atoms with E-state index in [9.17, 15) is 9.59 Å². The first kappa shape index (κ1) is 17.4. The monoisotopic (exact) mass is 362 g/mol. The average molecular weight is 362 g/mol. The Bertz CT molecular complexity index is 992. The predicted octanol–water partition coefficient (Wildman–Crippen LogP) is 3.02. The highest BCUT2D eigenvalue weighted by atomic mass is 16.2. The minimum absolute atomic E-state index is 0.245. The molecule has 4 rings (SSSR count). The van der Waals surface area contributed by atoms with Gasteiger partial charge in [-0.2, -0.15) is 0 Å². The number of pyridine rings is 1. The number of carbonyl (C=O) groups excluding carboxylic acids is 1. The fraction of sp³-hybridized carbons (Fsp3) is 0.333. The molecule has 2 aromatic heterocycles. The number of carbonyl (C=O) groups is 1. The number of benzene rings is 1. The van der Waals surface area contributed by atoms with Crippen LogP contribution in [-0.2, 0) is 0 Å². The standard InChI is InChI=1S/C21H22N4O2/c26-20-17-10-18(22-12-19(17)24-13-25-20)21(27)23-11-14-6-8-16(9-7-14)15-4-2-1-3-5-15/h1-5,10,12-14,16H,6-9,11H2,(H,23,27)(H,24,25,26). The number of aromatic nitrogens is 3. The zero-order valence-corrected chi connectivity index (χ0v) is 15.0. The van der Waals surface area contributed by atoms with Crippen LogP contribution in [0.2, 0.25) is 0 Å². The minimum atomic E-state index is -0.268. The minimum Gasteiger partial charge on any atom is -0.350 e. The van der Waals surface area contributed by atoms with Crippen molar-refractivity contribution >= 4 is 16.8 Å². The van der Waals surface area contributed by atoms with Gasteiger partial charge < -0.3 is 10.3 Å². The number of hydrogen-bond acceptors (Lipinski definition) is 4. The van der Waals surface area contributed by atoms with Gasteiger partial charge in [-0.15, -0.1) is 0 Å². The van der Waals surface area contributed by atoms with Gasteiger partial charge in [-0.1, -0.05) is 30.3 Å². The van der Waals surface area contributed by atoms with Crippen molar-refractivity contribution in [1.29, 1.82) is 0 Å². The van der Waals surface area contributed by atoms with Gasteiger partial charge >= 0.3 is 0 Å². The van der Waals surface area contributed by atoms with E-state index in [1.807, 2.05) is 0 Å². The van der Waals surface area contributed by atoms with Crippen LogP contribution in [0.4, 0.5) is 0 Å². The fourth-order valence-electron chi connectivity index (χ4n) is 3.85. The summed E-state index contributed by atoms with van der Waals surface area (Å²) in [6.45, 7) is 0.642. The van der Waals surface area contributed by atoms with E-state index in [4.69, 9.17) is 0 Å². The smallest absolute Gasteiger partial charge is 0.269 e. The molecule has 0 bridgehead atoms. The van der Waals surface area contributed by atoms with Gasteiger partial charge in [0.05, 0.1) is 23.4 Å². The summed E-state index contributed by atoms with van der Waals surface area (Å²) in [6.07, 6.45) is 7.31. The van der Waals surface area contributed by atoms with E-state index in [1.165, 1.54) is 24.2 Å². The summed E-state index contributed by atoms with van der Waals surface area (Å²) in [7, 11) is 0. The number of H-pyrrole nitrogens is 1. The first-order valence-corrected chi connectivity index (χ1v) is 9.37. The Labute approximate surface area is 157 Å². The second kappa shape index (κ2) is 7.70. The van der Waals surface area contributed by atoms with Crippen LogP contribution in [0.1, 0.15) is 47.7 Å². The summed E-state index contributed by atoms with van der Waals surface area (Å²) < 4.78 is 0.